The number of hydrazine groups is 1. The molecule has 0 aromatic carbocycles. The first-order chi connectivity index (χ1) is 7.69. The van der Waals surface area contributed by atoms with Gasteiger partial charge in [-0.15, -0.1) is 4.91 Å². The van der Waals surface area contributed by atoms with Crippen LogP contribution >= 0.6 is 0 Å². The lowest BCUT2D eigenvalue weighted by Gasteiger charge is -2.28. The fourth-order valence-corrected chi connectivity index (χ4v) is 2.47. The van der Waals surface area contributed by atoms with Crippen molar-refractivity contribution in [3.63, 3.8) is 0 Å². The Labute approximate surface area is 93.1 Å². The number of carbonyl (C=O) groups is 2. The maximum Gasteiger partial charge on any atom is 0.310 e. The molecule has 2 aliphatic rings. The number of hydrogen-bond donors (Lipinski definition) is 1. The van der Waals surface area contributed by atoms with Gasteiger partial charge >= 0.3 is 5.91 Å². The van der Waals surface area contributed by atoms with Gasteiger partial charge in [0, 0.05) is 5.18 Å². The maximum atomic E-state index is 11.5. The highest BCUT2D eigenvalue weighted by atomic mass is 16.3. The number of amides is 2. The number of nitrogens with two attached hydrogens (primary N) is 1. The number of carbonyl (C=O) groups excluding carboxylic acids is 2. The third-order valence-electron chi connectivity index (χ3n) is 3.48. The molecule has 0 aliphatic heterocycles. The predicted molar refractivity (Wildman–Crippen MR) is 55.6 cm³/mol. The molecular weight excluding hydrogens is 210 g/mol. The van der Waals surface area contributed by atoms with E-state index in [9.17, 15) is 14.5 Å². The molecule has 2 fully saturated rings. The quantitative estimate of drug-likeness (QED) is 0.233. The van der Waals surface area contributed by atoms with Gasteiger partial charge in [-0.3, -0.25) is 14.6 Å². The molecule has 6 nitrogen and oxygen atoms in total. The van der Waals surface area contributed by atoms with Crippen molar-refractivity contribution in [2.75, 3.05) is 0 Å². The average molecular weight is 225 g/mol. The van der Waals surface area contributed by atoms with Crippen molar-refractivity contribution in [1.82, 2.24) is 5.01 Å². The summed E-state index contributed by atoms with van der Waals surface area (Å²) in [4.78, 5) is 32.5. The van der Waals surface area contributed by atoms with Gasteiger partial charge in [0.1, 0.15) is 6.04 Å². The van der Waals surface area contributed by atoms with E-state index in [0.717, 1.165) is 30.7 Å². The van der Waals surface area contributed by atoms with E-state index in [4.69, 9.17) is 5.84 Å². The van der Waals surface area contributed by atoms with Crippen molar-refractivity contribution in [2.24, 2.45) is 28.8 Å². The van der Waals surface area contributed by atoms with E-state index in [1.165, 1.54) is 0 Å². The Morgan fingerprint density at radius 2 is 1.81 bits per heavy atom. The fourth-order valence-electron chi connectivity index (χ4n) is 2.47. The number of hydrogen-bond acceptors (Lipinski definition) is 4. The lowest BCUT2D eigenvalue weighted by Crippen LogP contribution is -2.50. The molecule has 2 N–H and O–H groups in total. The molecule has 2 saturated carbocycles. The Bertz CT molecular complexity index is 300. The number of nitrogens with zero attached hydrogens (tertiary/aromatic N) is 2. The van der Waals surface area contributed by atoms with Crippen LogP contribution in [0, 0.1) is 22.7 Å². The Morgan fingerprint density at radius 3 is 2.12 bits per heavy atom. The van der Waals surface area contributed by atoms with Crippen LogP contribution in [0.2, 0.25) is 0 Å². The van der Waals surface area contributed by atoms with Crippen molar-refractivity contribution in [1.29, 1.82) is 0 Å². The van der Waals surface area contributed by atoms with Gasteiger partial charge in [0.05, 0.1) is 0 Å². The average Bonchev–Trinajstić information content (AvgIpc) is 3.16. The molecule has 88 valence electrons. The minimum atomic E-state index is -0.852. The summed E-state index contributed by atoms with van der Waals surface area (Å²) in [6.07, 6.45) is 4.60. The Balaban J connectivity index is 2.16. The molecule has 0 heterocycles. The van der Waals surface area contributed by atoms with Crippen molar-refractivity contribution in [3.8, 4) is 0 Å². The van der Waals surface area contributed by atoms with Crippen molar-refractivity contribution < 1.29 is 9.59 Å². The van der Waals surface area contributed by atoms with Gasteiger partial charge in [-0.2, -0.15) is 0 Å². The Kier molecular flexibility index (Phi) is 3.00. The van der Waals surface area contributed by atoms with Crippen LogP contribution in [0.4, 0.5) is 0 Å². The summed E-state index contributed by atoms with van der Waals surface area (Å²) in [5.74, 6) is 5.53. The molecule has 0 bridgehead atoms. The molecule has 0 saturated heterocycles. The predicted octanol–water partition coefficient (Wildman–Crippen LogP) is 0.416. The van der Waals surface area contributed by atoms with E-state index in [0.29, 0.717) is 18.2 Å². The lowest BCUT2D eigenvalue weighted by molar-refractivity contribution is -0.134. The monoisotopic (exact) mass is 225 g/mol. The first-order valence-corrected chi connectivity index (χ1v) is 5.54. The van der Waals surface area contributed by atoms with Gasteiger partial charge in [-0.1, -0.05) is 0 Å². The standard InChI is InChI=1S/C10H15N3O3/c11-13(5-14)9(10(15)12-16)8(6-1-2-6)7-3-4-7/h5-9H,1-4,11H2. The van der Waals surface area contributed by atoms with E-state index >= 15 is 0 Å². The van der Waals surface area contributed by atoms with E-state index in [2.05, 4.69) is 5.18 Å². The summed E-state index contributed by atoms with van der Waals surface area (Å²) in [6.45, 7) is 0. The Hall–Kier alpha value is -1.30. The Morgan fingerprint density at radius 1 is 1.31 bits per heavy atom. The van der Waals surface area contributed by atoms with Gasteiger partial charge < -0.3 is 0 Å². The zero-order chi connectivity index (χ0) is 11.7. The van der Waals surface area contributed by atoms with Crippen molar-refractivity contribution in [3.05, 3.63) is 4.91 Å². The summed E-state index contributed by atoms with van der Waals surface area (Å²) in [7, 11) is 0. The molecular formula is C10H15N3O3. The SMILES string of the molecule is NN(C=O)C(C(=O)N=O)C(C1CC1)C1CC1. The molecule has 1 atom stereocenters. The van der Waals surface area contributed by atoms with Gasteiger partial charge in [0.25, 0.3) is 0 Å². The third kappa shape index (κ3) is 2.11. The highest BCUT2D eigenvalue weighted by molar-refractivity contribution is 5.84. The largest absolute Gasteiger partial charge is 0.310 e. The molecule has 0 aromatic rings. The molecule has 2 aliphatic carbocycles. The fraction of sp³-hybridized carbons (Fsp3) is 0.800. The van der Waals surface area contributed by atoms with Crippen LogP contribution in [0.25, 0.3) is 0 Å². The lowest BCUT2D eigenvalue weighted by atomic mass is 9.88. The smallest absolute Gasteiger partial charge is 0.277 e. The summed E-state index contributed by atoms with van der Waals surface area (Å²) in [6, 6.07) is -0.852. The van der Waals surface area contributed by atoms with E-state index in [1.54, 1.807) is 0 Å². The second-order valence-electron chi connectivity index (χ2n) is 4.68. The third-order valence-corrected chi connectivity index (χ3v) is 3.48. The summed E-state index contributed by atoms with van der Waals surface area (Å²) in [5.41, 5.74) is 0. The van der Waals surface area contributed by atoms with Gasteiger partial charge in [0.2, 0.25) is 6.41 Å². The topological polar surface area (TPSA) is 92.8 Å². The van der Waals surface area contributed by atoms with Crippen LogP contribution in [-0.2, 0) is 9.59 Å². The summed E-state index contributed by atoms with van der Waals surface area (Å²) in [5, 5.41) is 3.24. The molecule has 0 radical (unpaired) electrons. The van der Waals surface area contributed by atoms with Crippen molar-refractivity contribution >= 4 is 12.3 Å². The van der Waals surface area contributed by atoms with Crippen LogP contribution in [0.3, 0.4) is 0 Å². The second-order valence-corrected chi connectivity index (χ2v) is 4.68. The van der Waals surface area contributed by atoms with Crippen LogP contribution in [0.5, 0.6) is 0 Å². The molecule has 2 rings (SSSR count). The van der Waals surface area contributed by atoms with Gasteiger partial charge in [0.15, 0.2) is 0 Å². The van der Waals surface area contributed by atoms with E-state index < -0.39 is 11.9 Å². The molecule has 6 heteroatoms. The van der Waals surface area contributed by atoms with E-state index in [1.807, 2.05) is 0 Å². The number of nitroso groups, excluding NO2 is 1. The highest BCUT2D eigenvalue weighted by Gasteiger charge is 2.49. The highest BCUT2D eigenvalue weighted by Crippen LogP contribution is 2.51. The zero-order valence-corrected chi connectivity index (χ0v) is 8.91. The van der Waals surface area contributed by atoms with Crippen LogP contribution < -0.4 is 5.84 Å². The second kappa shape index (κ2) is 4.29. The molecule has 16 heavy (non-hydrogen) atoms. The molecule has 1 unspecified atom stereocenters. The summed E-state index contributed by atoms with van der Waals surface area (Å²) < 4.78 is 0. The molecule has 0 aromatic heterocycles. The maximum absolute atomic E-state index is 11.5. The van der Waals surface area contributed by atoms with Crippen LogP contribution in [0.15, 0.2) is 5.18 Å². The minimum Gasteiger partial charge on any atom is -0.277 e. The van der Waals surface area contributed by atoms with Crippen molar-refractivity contribution in [2.45, 2.75) is 31.7 Å². The van der Waals surface area contributed by atoms with Crippen LogP contribution in [0.1, 0.15) is 25.7 Å². The minimum absolute atomic E-state index is 0.0281. The first-order valence-electron chi connectivity index (χ1n) is 5.54. The molecule has 2 amide bonds. The summed E-state index contributed by atoms with van der Waals surface area (Å²) >= 11 is 0. The number of rotatable bonds is 6. The van der Waals surface area contributed by atoms with E-state index in [-0.39, 0.29) is 5.92 Å². The first kappa shape index (κ1) is 11.2. The zero-order valence-electron chi connectivity index (χ0n) is 8.91. The van der Waals surface area contributed by atoms with Gasteiger partial charge in [-0.25, -0.2) is 5.84 Å². The normalized spacial score (nSPS) is 21.6. The van der Waals surface area contributed by atoms with Crippen LogP contribution in [-0.4, -0.2) is 23.4 Å². The van der Waals surface area contributed by atoms with Gasteiger partial charge in [-0.05, 0) is 43.4 Å². The molecule has 0 spiro atoms.